The molecular formula is C15H20ClFN2O. The van der Waals surface area contributed by atoms with E-state index in [0.29, 0.717) is 18.7 Å². The van der Waals surface area contributed by atoms with Crippen LogP contribution in [0.2, 0.25) is 5.02 Å². The molecule has 3 N–H and O–H groups in total. The minimum absolute atomic E-state index is 0.00834. The molecule has 0 aliphatic heterocycles. The molecule has 110 valence electrons. The monoisotopic (exact) mass is 298 g/mol. The number of rotatable bonds is 4. The lowest BCUT2D eigenvalue weighted by Crippen LogP contribution is -2.36. The van der Waals surface area contributed by atoms with E-state index >= 15 is 0 Å². The average Bonchev–Trinajstić information content (AvgIpc) is 2.44. The second-order valence-electron chi connectivity index (χ2n) is 5.62. The van der Waals surface area contributed by atoms with Crippen molar-refractivity contribution < 1.29 is 9.18 Å². The molecule has 0 unspecified atom stereocenters. The summed E-state index contributed by atoms with van der Waals surface area (Å²) in [6.45, 7) is 0.532. The van der Waals surface area contributed by atoms with Crippen LogP contribution < -0.4 is 11.1 Å². The summed E-state index contributed by atoms with van der Waals surface area (Å²) in [6.07, 6.45) is 5.90. The molecule has 0 spiro atoms. The second kappa shape index (κ2) is 6.55. The number of hydrogen-bond donors (Lipinski definition) is 2. The van der Waals surface area contributed by atoms with Crippen molar-refractivity contribution in [2.75, 3.05) is 11.9 Å². The second-order valence-corrected chi connectivity index (χ2v) is 6.03. The molecule has 3 nitrogen and oxygen atoms in total. The topological polar surface area (TPSA) is 55.1 Å². The quantitative estimate of drug-likeness (QED) is 0.890. The van der Waals surface area contributed by atoms with E-state index in [2.05, 4.69) is 5.32 Å². The predicted molar refractivity (Wildman–Crippen MR) is 79.2 cm³/mol. The Balaban J connectivity index is 1.98. The van der Waals surface area contributed by atoms with Crippen LogP contribution in [-0.4, -0.2) is 12.5 Å². The Bertz CT molecular complexity index is 487. The van der Waals surface area contributed by atoms with Gasteiger partial charge in [-0.05, 0) is 43.0 Å². The maximum Gasteiger partial charge on any atom is 0.224 e. The van der Waals surface area contributed by atoms with Crippen molar-refractivity contribution in [2.45, 2.75) is 38.5 Å². The van der Waals surface area contributed by atoms with Crippen LogP contribution in [0.4, 0.5) is 10.1 Å². The van der Waals surface area contributed by atoms with Crippen molar-refractivity contribution >= 4 is 23.2 Å². The number of nitrogens with two attached hydrogens (primary N) is 1. The Labute approximate surface area is 123 Å². The molecule has 0 atom stereocenters. The van der Waals surface area contributed by atoms with Gasteiger partial charge in [-0.2, -0.15) is 0 Å². The van der Waals surface area contributed by atoms with Crippen molar-refractivity contribution in [3.63, 3.8) is 0 Å². The number of carbonyl (C=O) groups is 1. The van der Waals surface area contributed by atoms with E-state index in [9.17, 15) is 9.18 Å². The van der Waals surface area contributed by atoms with E-state index in [-0.39, 0.29) is 16.3 Å². The first-order valence-corrected chi connectivity index (χ1v) is 7.37. The normalized spacial score (nSPS) is 17.8. The number of benzene rings is 1. The standard InChI is InChI=1S/C15H20ClFN2O/c16-12-8-11(4-5-13(12)17)19-14(20)9-15(10-18)6-2-1-3-7-15/h4-5,8H,1-3,6-7,9-10,18H2,(H,19,20). The van der Waals surface area contributed by atoms with Crippen molar-refractivity contribution in [2.24, 2.45) is 11.1 Å². The third-order valence-electron chi connectivity index (χ3n) is 4.09. The Morgan fingerprint density at radius 2 is 2.05 bits per heavy atom. The molecule has 1 aromatic carbocycles. The number of anilines is 1. The Morgan fingerprint density at radius 3 is 2.65 bits per heavy atom. The SMILES string of the molecule is NCC1(CC(=O)Nc2ccc(F)c(Cl)c2)CCCCC1. The molecule has 1 amide bonds. The fourth-order valence-corrected chi connectivity index (χ4v) is 3.06. The van der Waals surface area contributed by atoms with Gasteiger partial charge in [-0.1, -0.05) is 30.9 Å². The van der Waals surface area contributed by atoms with Gasteiger partial charge >= 0.3 is 0 Å². The summed E-state index contributed by atoms with van der Waals surface area (Å²) in [4.78, 5) is 12.1. The molecule has 1 fully saturated rings. The fraction of sp³-hybridized carbons (Fsp3) is 0.533. The van der Waals surface area contributed by atoms with Crippen LogP contribution in [-0.2, 0) is 4.79 Å². The van der Waals surface area contributed by atoms with Gasteiger partial charge in [0.05, 0.1) is 5.02 Å². The Morgan fingerprint density at radius 1 is 1.35 bits per heavy atom. The minimum atomic E-state index is -0.490. The zero-order valence-corrected chi connectivity index (χ0v) is 12.2. The van der Waals surface area contributed by atoms with Crippen molar-refractivity contribution in [1.29, 1.82) is 0 Å². The van der Waals surface area contributed by atoms with Crippen LogP contribution in [0.15, 0.2) is 18.2 Å². The number of halogens is 2. The third-order valence-corrected chi connectivity index (χ3v) is 4.38. The number of hydrogen-bond acceptors (Lipinski definition) is 2. The molecule has 20 heavy (non-hydrogen) atoms. The van der Waals surface area contributed by atoms with E-state index in [1.807, 2.05) is 0 Å². The van der Waals surface area contributed by atoms with Gasteiger partial charge in [-0.3, -0.25) is 4.79 Å². The van der Waals surface area contributed by atoms with Crippen LogP contribution >= 0.6 is 11.6 Å². The van der Waals surface area contributed by atoms with Crippen molar-refractivity contribution in [1.82, 2.24) is 0 Å². The van der Waals surface area contributed by atoms with Gasteiger partial charge in [0, 0.05) is 12.1 Å². The zero-order valence-electron chi connectivity index (χ0n) is 11.4. The van der Waals surface area contributed by atoms with Crippen LogP contribution in [0.1, 0.15) is 38.5 Å². The fourth-order valence-electron chi connectivity index (χ4n) is 2.87. The van der Waals surface area contributed by atoms with E-state index in [0.717, 1.165) is 25.7 Å². The summed E-state index contributed by atoms with van der Waals surface area (Å²) in [5.41, 5.74) is 6.31. The van der Waals surface area contributed by atoms with Gasteiger partial charge in [0.1, 0.15) is 5.82 Å². The molecule has 5 heteroatoms. The van der Waals surface area contributed by atoms with Crippen molar-refractivity contribution in [3.8, 4) is 0 Å². The maximum absolute atomic E-state index is 13.1. The lowest BCUT2D eigenvalue weighted by atomic mass is 9.71. The Kier molecular flexibility index (Phi) is 5.00. The predicted octanol–water partition coefficient (Wildman–Crippen LogP) is 3.72. The molecule has 1 aliphatic rings. The van der Waals surface area contributed by atoms with Gasteiger partial charge in [0.2, 0.25) is 5.91 Å². The summed E-state index contributed by atoms with van der Waals surface area (Å²) >= 11 is 5.70. The van der Waals surface area contributed by atoms with Gasteiger partial charge in [0.25, 0.3) is 0 Å². The van der Waals surface area contributed by atoms with Crippen LogP contribution in [0.3, 0.4) is 0 Å². The zero-order chi connectivity index (χ0) is 14.6. The first-order valence-electron chi connectivity index (χ1n) is 7.00. The lowest BCUT2D eigenvalue weighted by Gasteiger charge is -2.35. The van der Waals surface area contributed by atoms with Gasteiger partial charge in [-0.25, -0.2) is 4.39 Å². The van der Waals surface area contributed by atoms with E-state index < -0.39 is 5.82 Å². The molecular weight excluding hydrogens is 279 g/mol. The van der Waals surface area contributed by atoms with Gasteiger partial charge in [-0.15, -0.1) is 0 Å². The summed E-state index contributed by atoms with van der Waals surface area (Å²) in [7, 11) is 0. The molecule has 1 aliphatic carbocycles. The highest BCUT2D eigenvalue weighted by Gasteiger charge is 2.32. The molecule has 0 radical (unpaired) electrons. The first kappa shape index (κ1) is 15.3. The third kappa shape index (κ3) is 3.70. The number of carbonyl (C=O) groups excluding carboxylic acids is 1. The van der Waals surface area contributed by atoms with Crippen LogP contribution in [0.5, 0.6) is 0 Å². The molecule has 0 bridgehead atoms. The molecule has 1 aromatic rings. The summed E-state index contributed by atoms with van der Waals surface area (Å²) in [5.74, 6) is -0.574. The highest BCUT2D eigenvalue weighted by molar-refractivity contribution is 6.31. The first-order chi connectivity index (χ1) is 9.54. The Hall–Kier alpha value is -1.13. The summed E-state index contributed by atoms with van der Waals surface area (Å²) in [5, 5.41) is 2.78. The smallest absolute Gasteiger partial charge is 0.224 e. The highest BCUT2D eigenvalue weighted by Crippen LogP contribution is 2.38. The molecule has 2 rings (SSSR count). The number of nitrogens with one attached hydrogen (secondary N) is 1. The van der Waals surface area contributed by atoms with E-state index in [1.54, 1.807) is 0 Å². The largest absolute Gasteiger partial charge is 0.330 e. The van der Waals surface area contributed by atoms with Crippen LogP contribution in [0.25, 0.3) is 0 Å². The van der Waals surface area contributed by atoms with Crippen molar-refractivity contribution in [3.05, 3.63) is 29.0 Å². The van der Waals surface area contributed by atoms with Gasteiger partial charge < -0.3 is 11.1 Å². The van der Waals surface area contributed by atoms with E-state index in [1.165, 1.54) is 24.6 Å². The molecule has 0 heterocycles. The molecule has 0 aromatic heterocycles. The molecule has 0 saturated heterocycles. The lowest BCUT2D eigenvalue weighted by molar-refractivity contribution is -0.118. The number of amides is 1. The van der Waals surface area contributed by atoms with E-state index in [4.69, 9.17) is 17.3 Å². The van der Waals surface area contributed by atoms with Crippen LogP contribution in [0, 0.1) is 11.2 Å². The minimum Gasteiger partial charge on any atom is -0.330 e. The average molecular weight is 299 g/mol. The van der Waals surface area contributed by atoms with Gasteiger partial charge in [0.15, 0.2) is 0 Å². The summed E-state index contributed by atoms with van der Waals surface area (Å²) < 4.78 is 13.1. The summed E-state index contributed by atoms with van der Waals surface area (Å²) in [6, 6.07) is 4.18. The highest BCUT2D eigenvalue weighted by atomic mass is 35.5. The maximum atomic E-state index is 13.1. The molecule has 1 saturated carbocycles.